The number of aryl methyl sites for hydroxylation is 1. The minimum atomic E-state index is -0.894. The molecule has 1 heterocycles. The molecule has 0 radical (unpaired) electrons. The molecule has 0 bridgehead atoms. The summed E-state index contributed by atoms with van der Waals surface area (Å²) in [7, 11) is 0. The Hall–Kier alpha value is -1.63. The molecular formula is C13H21N3O3S. The lowest BCUT2D eigenvalue weighted by Crippen LogP contribution is -2.43. The van der Waals surface area contributed by atoms with Crippen LogP contribution in [0.3, 0.4) is 0 Å². The van der Waals surface area contributed by atoms with Crippen LogP contribution in [0.25, 0.3) is 0 Å². The number of hydrogen-bond donors (Lipinski definition) is 2. The van der Waals surface area contributed by atoms with E-state index >= 15 is 0 Å². The number of carbonyl (C=O) groups is 2. The molecule has 0 aliphatic heterocycles. The van der Waals surface area contributed by atoms with Crippen molar-refractivity contribution in [2.24, 2.45) is 5.92 Å². The number of aliphatic carboxylic acids is 1. The van der Waals surface area contributed by atoms with Gasteiger partial charge in [0.05, 0.1) is 16.6 Å². The first-order valence-electron chi connectivity index (χ1n) is 6.60. The first-order valence-corrected chi connectivity index (χ1v) is 7.48. The maximum atomic E-state index is 11.9. The number of amides is 2. The normalized spacial score (nSPS) is 11.9. The van der Waals surface area contributed by atoms with Gasteiger partial charge in [-0.3, -0.25) is 4.79 Å². The molecular weight excluding hydrogens is 278 g/mol. The van der Waals surface area contributed by atoms with Gasteiger partial charge in [-0.05, 0) is 13.8 Å². The molecule has 0 spiro atoms. The molecule has 0 aromatic carbocycles. The van der Waals surface area contributed by atoms with Crippen LogP contribution in [0.5, 0.6) is 0 Å². The number of carbonyl (C=O) groups excluding carboxylic acids is 1. The summed E-state index contributed by atoms with van der Waals surface area (Å²) in [5, 5.41) is 14.7. The van der Waals surface area contributed by atoms with Crippen molar-refractivity contribution in [2.45, 2.75) is 27.2 Å². The van der Waals surface area contributed by atoms with Crippen LogP contribution < -0.4 is 5.32 Å². The second-order valence-corrected chi connectivity index (χ2v) is 5.68. The molecule has 0 fully saturated rings. The fourth-order valence-corrected chi connectivity index (χ4v) is 2.34. The average Bonchev–Trinajstić information content (AvgIpc) is 2.81. The molecule has 1 atom stereocenters. The van der Waals surface area contributed by atoms with Crippen molar-refractivity contribution in [1.82, 2.24) is 15.2 Å². The van der Waals surface area contributed by atoms with Crippen molar-refractivity contribution in [1.29, 1.82) is 0 Å². The zero-order valence-electron chi connectivity index (χ0n) is 12.0. The molecule has 6 nitrogen and oxygen atoms in total. The molecule has 0 aliphatic rings. The molecule has 1 aromatic rings. The molecule has 112 valence electrons. The van der Waals surface area contributed by atoms with Gasteiger partial charge in [0.25, 0.3) is 0 Å². The average molecular weight is 299 g/mol. The molecule has 1 rings (SSSR count). The fraction of sp³-hybridized carbons (Fsp3) is 0.615. The second-order valence-electron chi connectivity index (χ2n) is 4.62. The Balaban J connectivity index is 2.37. The first-order chi connectivity index (χ1) is 9.43. The zero-order valence-corrected chi connectivity index (χ0v) is 12.9. The van der Waals surface area contributed by atoms with Gasteiger partial charge < -0.3 is 15.3 Å². The monoisotopic (exact) mass is 299 g/mol. The summed E-state index contributed by atoms with van der Waals surface area (Å²) in [6.45, 7) is 6.57. The molecule has 1 aromatic heterocycles. The Morgan fingerprint density at radius 2 is 2.25 bits per heavy atom. The van der Waals surface area contributed by atoms with Crippen LogP contribution in [0, 0.1) is 12.8 Å². The molecule has 20 heavy (non-hydrogen) atoms. The Morgan fingerprint density at radius 1 is 1.55 bits per heavy atom. The van der Waals surface area contributed by atoms with E-state index in [2.05, 4.69) is 10.3 Å². The summed E-state index contributed by atoms with van der Waals surface area (Å²) in [5.41, 5.74) is 0.967. The van der Waals surface area contributed by atoms with Crippen molar-refractivity contribution >= 4 is 23.3 Å². The zero-order chi connectivity index (χ0) is 15.1. The lowest BCUT2D eigenvalue weighted by Gasteiger charge is -2.23. The molecule has 0 saturated carbocycles. The van der Waals surface area contributed by atoms with Crippen LogP contribution in [0.4, 0.5) is 4.79 Å². The van der Waals surface area contributed by atoms with E-state index in [1.54, 1.807) is 18.3 Å². The topological polar surface area (TPSA) is 82.5 Å². The standard InChI is InChI=1S/C13H21N3O3S/c1-4-16(7-9(2)12(17)18)13(19)14-6-5-11-8-20-10(3)15-11/h8-9H,4-7H2,1-3H3,(H,14,19)(H,17,18). The Labute approximate surface area is 122 Å². The first kappa shape index (κ1) is 16.4. The summed E-state index contributed by atoms with van der Waals surface area (Å²) in [6.07, 6.45) is 0.683. The minimum absolute atomic E-state index is 0.216. The number of aromatic nitrogens is 1. The predicted molar refractivity (Wildman–Crippen MR) is 78.0 cm³/mol. The highest BCUT2D eigenvalue weighted by Crippen LogP contribution is 2.08. The number of nitrogens with zero attached hydrogens (tertiary/aromatic N) is 2. The van der Waals surface area contributed by atoms with Crippen LogP contribution in [0.2, 0.25) is 0 Å². The van der Waals surface area contributed by atoms with Crippen molar-refractivity contribution in [2.75, 3.05) is 19.6 Å². The molecule has 0 saturated heterocycles. The van der Waals surface area contributed by atoms with Gasteiger partial charge in [-0.1, -0.05) is 6.92 Å². The largest absolute Gasteiger partial charge is 0.481 e. The van der Waals surface area contributed by atoms with Crippen molar-refractivity contribution in [3.8, 4) is 0 Å². The summed E-state index contributed by atoms with van der Waals surface area (Å²) in [6, 6.07) is -0.229. The van der Waals surface area contributed by atoms with Gasteiger partial charge in [-0.25, -0.2) is 9.78 Å². The van der Waals surface area contributed by atoms with Crippen LogP contribution in [-0.4, -0.2) is 46.6 Å². The maximum absolute atomic E-state index is 11.9. The lowest BCUT2D eigenvalue weighted by molar-refractivity contribution is -0.141. The van der Waals surface area contributed by atoms with E-state index in [0.29, 0.717) is 19.5 Å². The molecule has 7 heteroatoms. The molecule has 2 amide bonds. The summed E-state index contributed by atoms with van der Waals surface area (Å²) in [5.74, 6) is -1.46. The Kier molecular flexibility index (Phi) is 6.44. The smallest absolute Gasteiger partial charge is 0.317 e. The minimum Gasteiger partial charge on any atom is -0.481 e. The summed E-state index contributed by atoms with van der Waals surface area (Å²) >= 11 is 1.59. The number of nitrogens with one attached hydrogen (secondary N) is 1. The highest BCUT2D eigenvalue weighted by atomic mass is 32.1. The third-order valence-electron chi connectivity index (χ3n) is 2.91. The van der Waals surface area contributed by atoms with Gasteiger partial charge in [0.2, 0.25) is 0 Å². The van der Waals surface area contributed by atoms with Crippen molar-refractivity contribution < 1.29 is 14.7 Å². The number of carboxylic acid groups (broad SMARTS) is 1. The van der Waals surface area contributed by atoms with E-state index in [-0.39, 0.29) is 12.6 Å². The van der Waals surface area contributed by atoms with Crippen molar-refractivity contribution in [3.05, 3.63) is 16.1 Å². The summed E-state index contributed by atoms with van der Waals surface area (Å²) in [4.78, 5) is 28.6. The third kappa shape index (κ3) is 5.16. The van der Waals surface area contributed by atoms with Gasteiger partial charge in [0.1, 0.15) is 0 Å². The van der Waals surface area contributed by atoms with E-state index in [1.165, 1.54) is 4.90 Å². The second kappa shape index (κ2) is 7.84. The van der Waals surface area contributed by atoms with Crippen LogP contribution in [-0.2, 0) is 11.2 Å². The highest BCUT2D eigenvalue weighted by Gasteiger charge is 2.18. The number of rotatable bonds is 7. The number of carboxylic acids is 1. The van der Waals surface area contributed by atoms with Crippen LogP contribution >= 0.6 is 11.3 Å². The highest BCUT2D eigenvalue weighted by molar-refractivity contribution is 7.09. The lowest BCUT2D eigenvalue weighted by atomic mass is 10.2. The number of thiazole rings is 1. The van der Waals surface area contributed by atoms with Gasteiger partial charge in [-0.15, -0.1) is 11.3 Å². The maximum Gasteiger partial charge on any atom is 0.317 e. The number of urea groups is 1. The van der Waals surface area contributed by atoms with Crippen LogP contribution in [0.15, 0.2) is 5.38 Å². The SMILES string of the molecule is CCN(CC(C)C(=O)O)C(=O)NCCc1csc(C)n1. The molecule has 0 aliphatic carbocycles. The van der Waals surface area contributed by atoms with Gasteiger partial charge in [0.15, 0.2) is 0 Å². The van der Waals surface area contributed by atoms with E-state index in [4.69, 9.17) is 5.11 Å². The Morgan fingerprint density at radius 3 is 2.75 bits per heavy atom. The quantitative estimate of drug-likeness (QED) is 0.803. The van der Waals surface area contributed by atoms with E-state index in [9.17, 15) is 9.59 Å². The van der Waals surface area contributed by atoms with E-state index in [1.807, 2.05) is 19.2 Å². The fourth-order valence-electron chi connectivity index (χ4n) is 1.70. The molecule has 1 unspecified atom stereocenters. The van der Waals surface area contributed by atoms with Gasteiger partial charge in [-0.2, -0.15) is 0 Å². The molecule has 2 N–H and O–H groups in total. The van der Waals surface area contributed by atoms with Gasteiger partial charge in [0, 0.05) is 31.4 Å². The summed E-state index contributed by atoms with van der Waals surface area (Å²) < 4.78 is 0. The van der Waals surface area contributed by atoms with E-state index < -0.39 is 11.9 Å². The predicted octanol–water partition coefficient (Wildman–Crippen LogP) is 1.75. The van der Waals surface area contributed by atoms with E-state index in [0.717, 1.165) is 10.7 Å². The Bertz CT molecular complexity index is 461. The van der Waals surface area contributed by atoms with Gasteiger partial charge >= 0.3 is 12.0 Å². The van der Waals surface area contributed by atoms with Crippen molar-refractivity contribution in [3.63, 3.8) is 0 Å². The third-order valence-corrected chi connectivity index (χ3v) is 3.73. The number of hydrogen-bond acceptors (Lipinski definition) is 4. The van der Waals surface area contributed by atoms with Crippen LogP contribution in [0.1, 0.15) is 24.5 Å².